The molecule has 0 aliphatic heterocycles. The van der Waals surface area contributed by atoms with Gasteiger partial charge < -0.3 is 0 Å². The predicted molar refractivity (Wildman–Crippen MR) is 100 cm³/mol. The summed E-state index contributed by atoms with van der Waals surface area (Å²) >= 11 is 0. The lowest BCUT2D eigenvalue weighted by atomic mass is 9.91. The van der Waals surface area contributed by atoms with Crippen molar-refractivity contribution in [3.05, 3.63) is 82.4 Å². The molecule has 1 aliphatic rings. The summed E-state index contributed by atoms with van der Waals surface area (Å²) in [5.41, 5.74) is 7.07. The standard InChI is InChI=1S/C21H19N.ClH/c1-14-12-13-20(18-10-5-9-16(14)18)21(22)19-11-4-7-15-6-2-3-8-17(15)19;/h2-4,6-8,11-13,22H,5,9-10H2,1H3;1H. The highest BCUT2D eigenvalue weighted by molar-refractivity contribution is 6.18. The van der Waals surface area contributed by atoms with E-state index in [0.29, 0.717) is 5.71 Å². The zero-order chi connectivity index (χ0) is 15.1. The van der Waals surface area contributed by atoms with E-state index in [2.05, 4.69) is 61.5 Å². The van der Waals surface area contributed by atoms with Gasteiger partial charge in [-0.1, -0.05) is 54.6 Å². The Morgan fingerprint density at radius 3 is 2.43 bits per heavy atom. The molecule has 1 aliphatic carbocycles. The first-order valence-electron chi connectivity index (χ1n) is 7.94. The summed E-state index contributed by atoms with van der Waals surface area (Å²) in [5.74, 6) is 0. The van der Waals surface area contributed by atoms with E-state index in [0.717, 1.165) is 24.0 Å². The van der Waals surface area contributed by atoms with Crippen LogP contribution in [0.25, 0.3) is 10.8 Å². The van der Waals surface area contributed by atoms with Crippen LogP contribution in [0.4, 0.5) is 0 Å². The van der Waals surface area contributed by atoms with Gasteiger partial charge in [0.2, 0.25) is 0 Å². The fourth-order valence-corrected chi connectivity index (χ4v) is 3.71. The summed E-state index contributed by atoms with van der Waals surface area (Å²) in [6.45, 7) is 2.19. The molecule has 0 spiro atoms. The lowest BCUT2D eigenvalue weighted by Gasteiger charge is -2.14. The van der Waals surface area contributed by atoms with Gasteiger partial charge >= 0.3 is 0 Å². The van der Waals surface area contributed by atoms with E-state index in [1.807, 2.05) is 0 Å². The van der Waals surface area contributed by atoms with Crippen LogP contribution < -0.4 is 0 Å². The average molecular weight is 322 g/mol. The summed E-state index contributed by atoms with van der Waals surface area (Å²) in [7, 11) is 0. The molecule has 0 atom stereocenters. The summed E-state index contributed by atoms with van der Waals surface area (Å²) < 4.78 is 0. The van der Waals surface area contributed by atoms with E-state index in [1.54, 1.807) is 0 Å². The van der Waals surface area contributed by atoms with Crippen molar-refractivity contribution in [2.75, 3.05) is 0 Å². The molecule has 0 saturated heterocycles. The number of nitrogens with one attached hydrogen (secondary N) is 1. The summed E-state index contributed by atoms with van der Waals surface area (Å²) in [6, 6.07) is 18.9. The number of hydrogen-bond donors (Lipinski definition) is 1. The molecule has 1 nitrogen and oxygen atoms in total. The van der Waals surface area contributed by atoms with Crippen molar-refractivity contribution in [1.29, 1.82) is 5.41 Å². The minimum atomic E-state index is 0. The molecule has 0 bridgehead atoms. The Kier molecular flexibility index (Phi) is 4.23. The third-order valence-corrected chi connectivity index (χ3v) is 4.85. The summed E-state index contributed by atoms with van der Waals surface area (Å²) in [5, 5.41) is 11.2. The van der Waals surface area contributed by atoms with Gasteiger partial charge in [0.1, 0.15) is 0 Å². The van der Waals surface area contributed by atoms with Crippen LogP contribution in [0.1, 0.15) is 34.2 Å². The first-order valence-corrected chi connectivity index (χ1v) is 7.94. The average Bonchev–Trinajstić information content (AvgIpc) is 3.05. The predicted octanol–water partition coefficient (Wildman–Crippen LogP) is 5.47. The van der Waals surface area contributed by atoms with Gasteiger partial charge in [0.05, 0.1) is 5.71 Å². The molecule has 1 N–H and O–H groups in total. The Bertz CT molecular complexity index is 890. The topological polar surface area (TPSA) is 23.9 Å². The maximum absolute atomic E-state index is 8.79. The molecule has 4 rings (SSSR count). The molecule has 23 heavy (non-hydrogen) atoms. The normalized spacial score (nSPS) is 12.7. The quantitative estimate of drug-likeness (QED) is 0.605. The smallest absolute Gasteiger partial charge is 0.0693 e. The fourth-order valence-electron chi connectivity index (χ4n) is 3.71. The van der Waals surface area contributed by atoms with Crippen molar-refractivity contribution in [2.24, 2.45) is 0 Å². The van der Waals surface area contributed by atoms with Crippen LogP contribution in [0.5, 0.6) is 0 Å². The Labute approximate surface area is 143 Å². The highest BCUT2D eigenvalue weighted by atomic mass is 35.5. The van der Waals surface area contributed by atoms with E-state index in [4.69, 9.17) is 5.41 Å². The zero-order valence-electron chi connectivity index (χ0n) is 13.2. The van der Waals surface area contributed by atoms with E-state index in [-0.39, 0.29) is 12.4 Å². The van der Waals surface area contributed by atoms with Gasteiger partial charge in [0.15, 0.2) is 0 Å². The summed E-state index contributed by atoms with van der Waals surface area (Å²) in [6.07, 6.45) is 3.49. The highest BCUT2D eigenvalue weighted by Gasteiger charge is 2.20. The van der Waals surface area contributed by atoms with Crippen molar-refractivity contribution in [3.8, 4) is 0 Å². The van der Waals surface area contributed by atoms with Crippen LogP contribution in [0, 0.1) is 12.3 Å². The third-order valence-electron chi connectivity index (χ3n) is 4.85. The van der Waals surface area contributed by atoms with Gasteiger partial charge in [-0.25, -0.2) is 0 Å². The van der Waals surface area contributed by atoms with E-state index in [9.17, 15) is 0 Å². The molecule has 0 aromatic heterocycles. The molecule has 0 amide bonds. The maximum atomic E-state index is 8.79. The molecule has 116 valence electrons. The van der Waals surface area contributed by atoms with Gasteiger partial charge in [0.25, 0.3) is 0 Å². The largest absolute Gasteiger partial charge is 0.300 e. The second kappa shape index (κ2) is 6.17. The Morgan fingerprint density at radius 2 is 1.57 bits per heavy atom. The number of fused-ring (bicyclic) bond motifs is 2. The molecule has 0 saturated carbocycles. The number of rotatable bonds is 2. The van der Waals surface area contributed by atoms with Crippen LogP contribution in [-0.2, 0) is 12.8 Å². The lowest BCUT2D eigenvalue weighted by molar-refractivity contribution is 0.909. The molecule has 0 radical (unpaired) electrons. The van der Waals surface area contributed by atoms with Gasteiger partial charge in [-0.3, -0.25) is 5.41 Å². The maximum Gasteiger partial charge on any atom is 0.0693 e. The van der Waals surface area contributed by atoms with Crippen molar-refractivity contribution < 1.29 is 0 Å². The van der Waals surface area contributed by atoms with Gasteiger partial charge in [-0.2, -0.15) is 0 Å². The second-order valence-electron chi connectivity index (χ2n) is 6.14. The van der Waals surface area contributed by atoms with E-state index < -0.39 is 0 Å². The first-order chi connectivity index (χ1) is 10.8. The fraction of sp³-hybridized carbons (Fsp3) is 0.190. The van der Waals surface area contributed by atoms with Crippen LogP contribution in [0.3, 0.4) is 0 Å². The number of hydrogen-bond acceptors (Lipinski definition) is 1. The number of aryl methyl sites for hydroxylation is 1. The number of benzene rings is 3. The van der Waals surface area contributed by atoms with Crippen LogP contribution in [-0.4, -0.2) is 5.71 Å². The molecule has 2 heteroatoms. The zero-order valence-corrected chi connectivity index (χ0v) is 14.0. The third kappa shape index (κ3) is 2.55. The molecule has 0 heterocycles. The van der Waals surface area contributed by atoms with Crippen LogP contribution in [0.2, 0.25) is 0 Å². The van der Waals surface area contributed by atoms with Gasteiger partial charge in [0, 0.05) is 11.1 Å². The molecule has 0 unspecified atom stereocenters. The van der Waals surface area contributed by atoms with Crippen molar-refractivity contribution in [3.63, 3.8) is 0 Å². The van der Waals surface area contributed by atoms with Gasteiger partial charge in [-0.15, -0.1) is 12.4 Å². The summed E-state index contributed by atoms with van der Waals surface area (Å²) in [4.78, 5) is 0. The minimum Gasteiger partial charge on any atom is -0.300 e. The number of halogens is 1. The molecule has 3 aromatic carbocycles. The Balaban J connectivity index is 0.00000156. The second-order valence-corrected chi connectivity index (χ2v) is 6.14. The highest BCUT2D eigenvalue weighted by Crippen LogP contribution is 2.31. The van der Waals surface area contributed by atoms with Crippen molar-refractivity contribution >= 4 is 28.9 Å². The molecule has 0 fully saturated rings. The molecular formula is C21H20ClN. The monoisotopic (exact) mass is 321 g/mol. The first kappa shape index (κ1) is 15.8. The van der Waals surface area contributed by atoms with Crippen LogP contribution in [0.15, 0.2) is 54.6 Å². The minimum absolute atomic E-state index is 0. The van der Waals surface area contributed by atoms with E-state index in [1.165, 1.54) is 33.9 Å². The molecule has 3 aromatic rings. The van der Waals surface area contributed by atoms with Crippen LogP contribution >= 0.6 is 12.4 Å². The van der Waals surface area contributed by atoms with Crippen molar-refractivity contribution in [1.82, 2.24) is 0 Å². The van der Waals surface area contributed by atoms with E-state index >= 15 is 0 Å². The Hall–Kier alpha value is -2.12. The molecular weight excluding hydrogens is 302 g/mol. The Morgan fingerprint density at radius 1 is 0.826 bits per heavy atom. The SMILES string of the molecule is Cc1ccc(C(=N)c2cccc3ccccc23)c2c1CCC2.Cl. The van der Waals surface area contributed by atoms with Gasteiger partial charge in [-0.05, 0) is 53.6 Å². The van der Waals surface area contributed by atoms with Crippen molar-refractivity contribution in [2.45, 2.75) is 26.2 Å². The lowest BCUT2D eigenvalue weighted by Crippen LogP contribution is -2.07.